The molecule has 2 N–H and O–H groups in total. The zero-order valence-electron chi connectivity index (χ0n) is 15.2. The van der Waals surface area contributed by atoms with E-state index in [-0.39, 0.29) is 23.8 Å². The van der Waals surface area contributed by atoms with Crippen molar-refractivity contribution in [1.29, 1.82) is 0 Å². The van der Waals surface area contributed by atoms with Gasteiger partial charge in [0.05, 0.1) is 20.6 Å². The van der Waals surface area contributed by atoms with E-state index in [4.69, 9.17) is 14.7 Å². The Hall–Kier alpha value is -2.81. The van der Waals surface area contributed by atoms with E-state index < -0.39 is 11.9 Å². The Balaban J connectivity index is 2.38. The van der Waals surface area contributed by atoms with Gasteiger partial charge in [0.25, 0.3) is 11.8 Å². The van der Waals surface area contributed by atoms with Crippen molar-refractivity contribution in [2.75, 3.05) is 34.9 Å². The number of hydrogen-bond acceptors (Lipinski definition) is 6. The van der Waals surface area contributed by atoms with Crippen molar-refractivity contribution in [1.82, 2.24) is 15.3 Å². The molecule has 0 unspecified atom stereocenters. The molecule has 142 valence electrons. The van der Waals surface area contributed by atoms with E-state index in [9.17, 15) is 14.4 Å². The van der Waals surface area contributed by atoms with Gasteiger partial charge in [-0.15, -0.1) is 0 Å². The predicted octanol–water partition coefficient (Wildman–Crippen LogP) is 0.0544. The van der Waals surface area contributed by atoms with Crippen LogP contribution >= 0.6 is 0 Å². The highest BCUT2D eigenvalue weighted by Gasteiger charge is 2.38. The summed E-state index contributed by atoms with van der Waals surface area (Å²) in [6.45, 7) is 0.400. The van der Waals surface area contributed by atoms with Gasteiger partial charge < -0.3 is 19.3 Å². The number of carbonyl (C=O) groups excluding carboxylic acids is 3. The lowest BCUT2D eigenvalue weighted by Crippen LogP contribution is -2.57. The molecule has 1 aliphatic rings. The van der Waals surface area contributed by atoms with Gasteiger partial charge in [-0.3, -0.25) is 19.6 Å². The van der Waals surface area contributed by atoms with Crippen LogP contribution in [0.15, 0.2) is 12.1 Å². The smallest absolute Gasteiger partial charge is 0.266 e. The average Bonchev–Trinajstić information content (AvgIpc) is 2.59. The number of likely N-dealkylation sites (tertiary alicyclic amines) is 1. The van der Waals surface area contributed by atoms with Gasteiger partial charge >= 0.3 is 0 Å². The second-order valence-corrected chi connectivity index (χ2v) is 6.11. The van der Waals surface area contributed by atoms with Crippen molar-refractivity contribution in [2.24, 2.45) is 0 Å². The maximum absolute atomic E-state index is 12.8. The largest absolute Gasteiger partial charge is 0.493 e. The summed E-state index contributed by atoms with van der Waals surface area (Å²) in [5.74, 6) is -0.468. The molecule has 1 heterocycles. The molecule has 1 aliphatic heterocycles. The van der Waals surface area contributed by atoms with Gasteiger partial charge in [-0.05, 0) is 18.6 Å². The van der Waals surface area contributed by atoms with Crippen molar-refractivity contribution in [3.63, 3.8) is 0 Å². The average molecular weight is 365 g/mol. The predicted molar refractivity (Wildman–Crippen MR) is 91.3 cm³/mol. The molecule has 1 aromatic carbocycles. The first-order valence-electron chi connectivity index (χ1n) is 8.04. The number of nitrogens with one attached hydrogen (secondary N) is 1. The molecule has 2 rings (SSSR count). The number of hydroxylamine groups is 1. The molecule has 0 aromatic heterocycles. The molecule has 1 aromatic rings. The second-order valence-electron chi connectivity index (χ2n) is 6.11. The Morgan fingerprint density at radius 3 is 2.42 bits per heavy atom. The number of amides is 3. The SMILES string of the molecule is COc1cc(C(=O)N2CC[C@@H]2C(=O)NO)cc(CC(=O)N(C)C)c1OC. The summed E-state index contributed by atoms with van der Waals surface area (Å²) in [7, 11) is 6.17. The molecule has 0 bridgehead atoms. The molecule has 1 fully saturated rings. The molecular weight excluding hydrogens is 342 g/mol. The Morgan fingerprint density at radius 2 is 1.96 bits per heavy atom. The van der Waals surface area contributed by atoms with Crippen LogP contribution < -0.4 is 15.0 Å². The minimum absolute atomic E-state index is 0.0359. The minimum atomic E-state index is -0.715. The molecule has 0 spiro atoms. The molecule has 0 saturated carbocycles. The van der Waals surface area contributed by atoms with Crippen LogP contribution in [0.2, 0.25) is 0 Å². The topological polar surface area (TPSA) is 108 Å². The van der Waals surface area contributed by atoms with Gasteiger partial charge in [-0.2, -0.15) is 0 Å². The van der Waals surface area contributed by atoms with Crippen molar-refractivity contribution >= 4 is 17.7 Å². The summed E-state index contributed by atoms with van der Waals surface area (Å²) >= 11 is 0. The molecule has 1 saturated heterocycles. The summed E-state index contributed by atoms with van der Waals surface area (Å²) in [5, 5.41) is 8.77. The van der Waals surface area contributed by atoms with Crippen molar-refractivity contribution < 1.29 is 29.1 Å². The maximum atomic E-state index is 12.8. The fourth-order valence-electron chi connectivity index (χ4n) is 2.76. The van der Waals surface area contributed by atoms with E-state index in [0.29, 0.717) is 30.0 Å². The fourth-order valence-corrected chi connectivity index (χ4v) is 2.76. The van der Waals surface area contributed by atoms with Crippen molar-refractivity contribution in [3.8, 4) is 11.5 Å². The number of benzene rings is 1. The van der Waals surface area contributed by atoms with Gasteiger partial charge in [-0.1, -0.05) is 0 Å². The highest BCUT2D eigenvalue weighted by Crippen LogP contribution is 2.34. The van der Waals surface area contributed by atoms with Crippen LogP contribution in [0.4, 0.5) is 0 Å². The lowest BCUT2D eigenvalue weighted by molar-refractivity contribution is -0.137. The van der Waals surface area contributed by atoms with Crippen LogP contribution in [0.25, 0.3) is 0 Å². The van der Waals surface area contributed by atoms with E-state index in [1.165, 1.54) is 30.1 Å². The lowest BCUT2D eigenvalue weighted by atomic mass is 9.98. The molecule has 0 radical (unpaired) electrons. The van der Waals surface area contributed by atoms with Gasteiger partial charge in [0.15, 0.2) is 11.5 Å². The first-order chi connectivity index (χ1) is 12.3. The van der Waals surface area contributed by atoms with Crippen LogP contribution in [0.3, 0.4) is 0 Å². The zero-order valence-corrected chi connectivity index (χ0v) is 15.2. The van der Waals surface area contributed by atoms with Gasteiger partial charge in [0, 0.05) is 31.8 Å². The Kier molecular flexibility index (Phi) is 6.04. The Morgan fingerprint density at radius 1 is 1.27 bits per heavy atom. The summed E-state index contributed by atoms with van der Waals surface area (Å²) in [5.41, 5.74) is 2.36. The summed E-state index contributed by atoms with van der Waals surface area (Å²) < 4.78 is 10.6. The first kappa shape index (κ1) is 19.5. The van der Waals surface area contributed by atoms with Crippen LogP contribution in [0, 0.1) is 0 Å². The summed E-state index contributed by atoms with van der Waals surface area (Å²) in [4.78, 5) is 39.3. The zero-order chi connectivity index (χ0) is 19.4. The molecular formula is C17H23N3O6. The van der Waals surface area contributed by atoms with Crippen molar-refractivity contribution in [3.05, 3.63) is 23.3 Å². The Bertz CT molecular complexity index is 719. The van der Waals surface area contributed by atoms with Crippen LogP contribution in [-0.2, 0) is 16.0 Å². The van der Waals surface area contributed by atoms with Gasteiger partial charge in [0.1, 0.15) is 6.04 Å². The molecule has 9 heteroatoms. The Labute approximate surface area is 151 Å². The standard InChI is InChI=1S/C17H23N3O6/c1-19(2)14(21)9-10-7-11(8-13(25-3)15(10)26-4)17(23)20-6-5-12(20)16(22)18-24/h7-8,12,24H,5-6,9H2,1-4H3,(H,18,22)/t12-/m1/s1. The third-order valence-electron chi connectivity index (χ3n) is 4.34. The quantitative estimate of drug-likeness (QED) is 0.545. The van der Waals surface area contributed by atoms with E-state index in [1.54, 1.807) is 25.6 Å². The van der Waals surface area contributed by atoms with E-state index in [1.807, 2.05) is 0 Å². The molecule has 9 nitrogen and oxygen atoms in total. The fraction of sp³-hybridized carbons (Fsp3) is 0.471. The number of hydrogen-bond donors (Lipinski definition) is 2. The van der Waals surface area contributed by atoms with Crippen LogP contribution in [0.5, 0.6) is 11.5 Å². The molecule has 1 atom stereocenters. The monoisotopic (exact) mass is 365 g/mol. The van der Waals surface area contributed by atoms with E-state index in [2.05, 4.69) is 0 Å². The summed E-state index contributed by atoms with van der Waals surface area (Å²) in [6, 6.07) is 2.36. The summed E-state index contributed by atoms with van der Waals surface area (Å²) in [6.07, 6.45) is 0.506. The minimum Gasteiger partial charge on any atom is -0.493 e. The normalized spacial score (nSPS) is 15.7. The van der Waals surface area contributed by atoms with E-state index >= 15 is 0 Å². The van der Waals surface area contributed by atoms with Gasteiger partial charge in [-0.25, -0.2) is 5.48 Å². The number of ether oxygens (including phenoxy) is 2. The van der Waals surface area contributed by atoms with Crippen LogP contribution in [-0.4, -0.2) is 73.6 Å². The first-order valence-corrected chi connectivity index (χ1v) is 8.04. The highest BCUT2D eigenvalue weighted by molar-refractivity contribution is 5.99. The van der Waals surface area contributed by atoms with Crippen molar-refractivity contribution in [2.45, 2.75) is 18.9 Å². The third kappa shape index (κ3) is 3.72. The maximum Gasteiger partial charge on any atom is 0.266 e. The second kappa shape index (κ2) is 8.05. The number of methoxy groups -OCH3 is 2. The number of nitrogens with zero attached hydrogens (tertiary/aromatic N) is 2. The number of rotatable bonds is 6. The number of carbonyl (C=O) groups is 3. The molecule has 26 heavy (non-hydrogen) atoms. The van der Waals surface area contributed by atoms with Gasteiger partial charge in [0.2, 0.25) is 5.91 Å². The third-order valence-corrected chi connectivity index (χ3v) is 4.34. The number of likely N-dealkylation sites (N-methyl/N-ethyl adjacent to an activating group) is 1. The molecule has 3 amide bonds. The highest BCUT2D eigenvalue weighted by atomic mass is 16.5. The lowest BCUT2D eigenvalue weighted by Gasteiger charge is -2.39. The van der Waals surface area contributed by atoms with Crippen LogP contribution in [0.1, 0.15) is 22.3 Å². The molecule has 0 aliphatic carbocycles. The van der Waals surface area contributed by atoms with E-state index in [0.717, 1.165) is 0 Å².